The van der Waals surface area contributed by atoms with E-state index < -0.39 is 27.9 Å². The molecule has 0 fully saturated rings. The molecule has 0 saturated heterocycles. The summed E-state index contributed by atoms with van der Waals surface area (Å²) in [4.78, 5) is 33.1. The third kappa shape index (κ3) is 3.82. The van der Waals surface area contributed by atoms with E-state index in [0.717, 1.165) is 13.2 Å². The minimum Gasteiger partial charge on any atom is -0.468 e. The van der Waals surface area contributed by atoms with Crippen molar-refractivity contribution in [1.82, 2.24) is 5.32 Å². The minimum atomic E-state index is -1.09. The summed E-state index contributed by atoms with van der Waals surface area (Å²) in [5.41, 5.74) is -0.716. The summed E-state index contributed by atoms with van der Waals surface area (Å²) in [5.74, 6) is -1.52. The number of nitro benzene ring substituents is 1. The van der Waals surface area contributed by atoms with Crippen LogP contribution in [0.4, 0.5) is 5.69 Å². The standard InChI is InChI=1S/C11H10Cl2N2O5/c1-20-11(17)7(13)5-14-10(16)9-6(12)3-2-4-8(9)15(18)19/h2-4,7H,5H2,1H3,(H,14,16). The van der Waals surface area contributed by atoms with E-state index in [1.54, 1.807) is 0 Å². The second kappa shape index (κ2) is 7.06. The number of nitrogens with zero attached hydrogens (tertiary/aromatic N) is 1. The van der Waals surface area contributed by atoms with E-state index in [-0.39, 0.29) is 17.1 Å². The Morgan fingerprint density at radius 3 is 2.70 bits per heavy atom. The SMILES string of the molecule is COC(=O)C(Cl)CNC(=O)c1c(Cl)cccc1[N+](=O)[O-]. The first-order valence-electron chi connectivity index (χ1n) is 5.31. The molecule has 0 saturated carbocycles. The minimum absolute atomic E-state index is 0.0686. The Morgan fingerprint density at radius 2 is 2.15 bits per heavy atom. The molecule has 7 nitrogen and oxygen atoms in total. The van der Waals surface area contributed by atoms with Crippen LogP contribution in [0.15, 0.2) is 18.2 Å². The van der Waals surface area contributed by atoms with Gasteiger partial charge in [0.05, 0.1) is 17.1 Å². The molecule has 0 spiro atoms. The van der Waals surface area contributed by atoms with Crippen LogP contribution >= 0.6 is 23.2 Å². The van der Waals surface area contributed by atoms with Gasteiger partial charge in [-0.15, -0.1) is 11.6 Å². The van der Waals surface area contributed by atoms with Crippen LogP contribution in [-0.4, -0.2) is 35.8 Å². The Balaban J connectivity index is 2.88. The average molecular weight is 321 g/mol. The Labute approximate surface area is 124 Å². The van der Waals surface area contributed by atoms with Crippen LogP contribution in [0.1, 0.15) is 10.4 Å². The maximum atomic E-state index is 11.9. The van der Waals surface area contributed by atoms with E-state index in [9.17, 15) is 19.7 Å². The molecule has 9 heteroatoms. The number of hydrogen-bond acceptors (Lipinski definition) is 5. The molecule has 108 valence electrons. The molecule has 1 atom stereocenters. The molecule has 1 rings (SSSR count). The lowest BCUT2D eigenvalue weighted by Gasteiger charge is -2.10. The Kier molecular flexibility index (Phi) is 5.72. The van der Waals surface area contributed by atoms with Crippen molar-refractivity contribution < 1.29 is 19.2 Å². The molecule has 1 amide bonds. The fourth-order valence-electron chi connectivity index (χ4n) is 1.37. The molecule has 0 aromatic heterocycles. The van der Waals surface area contributed by atoms with Gasteiger partial charge < -0.3 is 10.1 Å². The van der Waals surface area contributed by atoms with Crippen molar-refractivity contribution in [3.05, 3.63) is 38.9 Å². The number of alkyl halides is 1. The molecule has 0 radical (unpaired) electrons. The summed E-state index contributed by atoms with van der Waals surface area (Å²) in [6, 6.07) is 3.86. The number of carbonyl (C=O) groups is 2. The zero-order valence-corrected chi connectivity index (χ0v) is 11.8. The number of amides is 1. The van der Waals surface area contributed by atoms with Gasteiger partial charge in [0, 0.05) is 12.6 Å². The first-order valence-corrected chi connectivity index (χ1v) is 6.13. The molecule has 0 aliphatic heterocycles. The maximum absolute atomic E-state index is 11.9. The topological polar surface area (TPSA) is 98.5 Å². The molecule has 1 aromatic carbocycles. The van der Waals surface area contributed by atoms with E-state index in [1.807, 2.05) is 0 Å². The van der Waals surface area contributed by atoms with E-state index >= 15 is 0 Å². The lowest BCUT2D eigenvalue weighted by Crippen LogP contribution is -2.34. The van der Waals surface area contributed by atoms with Crippen molar-refractivity contribution in [2.75, 3.05) is 13.7 Å². The number of carbonyl (C=O) groups excluding carboxylic acids is 2. The number of methoxy groups -OCH3 is 1. The largest absolute Gasteiger partial charge is 0.468 e. The smallest absolute Gasteiger partial charge is 0.325 e. The monoisotopic (exact) mass is 320 g/mol. The van der Waals surface area contributed by atoms with Crippen LogP contribution in [0, 0.1) is 10.1 Å². The van der Waals surface area contributed by atoms with Crippen LogP contribution in [0.3, 0.4) is 0 Å². The molecular weight excluding hydrogens is 311 g/mol. The summed E-state index contributed by atoms with van der Waals surface area (Å²) in [7, 11) is 1.15. The van der Waals surface area contributed by atoms with Crippen molar-refractivity contribution in [1.29, 1.82) is 0 Å². The van der Waals surface area contributed by atoms with Gasteiger partial charge in [-0.3, -0.25) is 19.7 Å². The van der Waals surface area contributed by atoms with Gasteiger partial charge in [0.1, 0.15) is 10.9 Å². The van der Waals surface area contributed by atoms with Crippen molar-refractivity contribution >= 4 is 40.8 Å². The molecule has 0 aliphatic rings. The molecule has 1 unspecified atom stereocenters. The normalized spacial score (nSPS) is 11.6. The van der Waals surface area contributed by atoms with Crippen LogP contribution in [-0.2, 0) is 9.53 Å². The number of nitro groups is 1. The van der Waals surface area contributed by atoms with Crippen LogP contribution in [0.25, 0.3) is 0 Å². The molecule has 0 bridgehead atoms. The molecule has 20 heavy (non-hydrogen) atoms. The Bertz CT molecular complexity index is 550. The fourth-order valence-corrected chi connectivity index (χ4v) is 1.79. The van der Waals surface area contributed by atoms with Crippen molar-refractivity contribution in [3.63, 3.8) is 0 Å². The second-order valence-electron chi connectivity index (χ2n) is 3.59. The zero-order valence-electron chi connectivity index (χ0n) is 10.3. The van der Waals surface area contributed by atoms with Gasteiger partial charge in [-0.2, -0.15) is 0 Å². The molecule has 0 heterocycles. The number of benzene rings is 1. The predicted octanol–water partition coefficient (Wildman–Crippen LogP) is 1.76. The first-order chi connectivity index (χ1) is 9.38. The van der Waals surface area contributed by atoms with Gasteiger partial charge in [0.25, 0.3) is 11.6 Å². The number of halogens is 2. The summed E-state index contributed by atoms with van der Waals surface area (Å²) < 4.78 is 4.38. The lowest BCUT2D eigenvalue weighted by atomic mass is 10.1. The van der Waals surface area contributed by atoms with Gasteiger partial charge in [-0.05, 0) is 6.07 Å². The van der Waals surface area contributed by atoms with Gasteiger partial charge in [-0.1, -0.05) is 17.7 Å². The summed E-state index contributed by atoms with van der Waals surface area (Å²) in [5, 5.41) is 12.0. The van der Waals surface area contributed by atoms with Crippen molar-refractivity contribution in [2.24, 2.45) is 0 Å². The maximum Gasteiger partial charge on any atom is 0.325 e. The predicted molar refractivity (Wildman–Crippen MR) is 72.1 cm³/mol. The Morgan fingerprint density at radius 1 is 1.50 bits per heavy atom. The highest BCUT2D eigenvalue weighted by Gasteiger charge is 2.24. The van der Waals surface area contributed by atoms with Gasteiger partial charge in [0.2, 0.25) is 0 Å². The number of rotatable bonds is 5. The number of ether oxygens (including phenoxy) is 1. The Hall–Kier alpha value is -1.86. The summed E-state index contributed by atoms with van der Waals surface area (Å²) >= 11 is 11.4. The second-order valence-corrected chi connectivity index (χ2v) is 4.53. The summed E-state index contributed by atoms with van der Waals surface area (Å²) in [6.07, 6.45) is 0. The number of nitrogens with one attached hydrogen (secondary N) is 1. The highest BCUT2D eigenvalue weighted by Crippen LogP contribution is 2.25. The van der Waals surface area contributed by atoms with Crippen LogP contribution in [0.5, 0.6) is 0 Å². The van der Waals surface area contributed by atoms with Gasteiger partial charge in [-0.25, -0.2) is 0 Å². The molecule has 0 aliphatic carbocycles. The third-order valence-corrected chi connectivity index (χ3v) is 2.96. The van der Waals surface area contributed by atoms with E-state index in [1.165, 1.54) is 12.1 Å². The quantitative estimate of drug-likeness (QED) is 0.386. The van der Waals surface area contributed by atoms with Crippen molar-refractivity contribution in [2.45, 2.75) is 5.38 Å². The zero-order chi connectivity index (χ0) is 15.3. The highest BCUT2D eigenvalue weighted by atomic mass is 35.5. The van der Waals surface area contributed by atoms with Gasteiger partial charge >= 0.3 is 5.97 Å². The summed E-state index contributed by atoms with van der Waals surface area (Å²) in [6.45, 7) is -0.241. The van der Waals surface area contributed by atoms with E-state index in [2.05, 4.69) is 10.1 Å². The molecular formula is C11H10Cl2N2O5. The fraction of sp³-hybridized carbons (Fsp3) is 0.273. The van der Waals surface area contributed by atoms with E-state index in [4.69, 9.17) is 23.2 Å². The van der Waals surface area contributed by atoms with Gasteiger partial charge in [0.15, 0.2) is 0 Å². The highest BCUT2D eigenvalue weighted by molar-refractivity contribution is 6.34. The van der Waals surface area contributed by atoms with Crippen LogP contribution in [0.2, 0.25) is 5.02 Å². The van der Waals surface area contributed by atoms with Crippen molar-refractivity contribution in [3.8, 4) is 0 Å². The third-order valence-electron chi connectivity index (χ3n) is 2.31. The number of hydrogen-bond donors (Lipinski definition) is 1. The number of esters is 1. The lowest BCUT2D eigenvalue weighted by molar-refractivity contribution is -0.385. The average Bonchev–Trinajstić information content (AvgIpc) is 2.42. The van der Waals surface area contributed by atoms with E-state index in [0.29, 0.717) is 0 Å². The molecule has 1 aromatic rings. The molecule has 1 N–H and O–H groups in total. The van der Waals surface area contributed by atoms with Crippen LogP contribution < -0.4 is 5.32 Å². The first kappa shape index (κ1) is 16.2.